The number of nitrogens with zero attached hydrogens (tertiary/aromatic N) is 4. The SMILES string of the molecule is CCCNc1nc(C)nc2c1CCN(C(=O)c1n[nH]c3c1CCC3)CC2. The van der Waals surface area contributed by atoms with E-state index in [4.69, 9.17) is 0 Å². The number of carbonyl (C=O) groups excluding carboxylic acids is 1. The number of nitrogens with one attached hydrogen (secondary N) is 2. The predicted molar refractivity (Wildman–Crippen MR) is 99.5 cm³/mol. The molecule has 138 valence electrons. The molecule has 0 bridgehead atoms. The van der Waals surface area contributed by atoms with E-state index in [-0.39, 0.29) is 5.91 Å². The van der Waals surface area contributed by atoms with Crippen LogP contribution in [0.3, 0.4) is 0 Å². The van der Waals surface area contributed by atoms with Crippen LogP contribution in [0, 0.1) is 6.92 Å². The lowest BCUT2D eigenvalue weighted by Gasteiger charge is -2.19. The molecule has 0 saturated heterocycles. The van der Waals surface area contributed by atoms with Crippen molar-refractivity contribution in [3.05, 3.63) is 34.0 Å². The van der Waals surface area contributed by atoms with Crippen LogP contribution < -0.4 is 5.32 Å². The topological polar surface area (TPSA) is 86.8 Å². The highest BCUT2D eigenvalue weighted by Crippen LogP contribution is 2.26. The molecular formula is C19H26N6O. The van der Waals surface area contributed by atoms with Crippen LogP contribution in [-0.4, -0.2) is 50.6 Å². The van der Waals surface area contributed by atoms with Crippen LogP contribution in [0.4, 0.5) is 5.82 Å². The van der Waals surface area contributed by atoms with Gasteiger partial charge in [-0.05, 0) is 39.0 Å². The lowest BCUT2D eigenvalue weighted by Crippen LogP contribution is -2.34. The number of fused-ring (bicyclic) bond motifs is 2. The lowest BCUT2D eigenvalue weighted by atomic mass is 10.1. The van der Waals surface area contributed by atoms with Crippen molar-refractivity contribution < 1.29 is 4.79 Å². The van der Waals surface area contributed by atoms with Crippen LogP contribution in [0.1, 0.15) is 58.6 Å². The lowest BCUT2D eigenvalue weighted by molar-refractivity contribution is 0.0756. The number of hydrogen-bond donors (Lipinski definition) is 2. The predicted octanol–water partition coefficient (Wildman–Crippen LogP) is 2.06. The zero-order valence-electron chi connectivity index (χ0n) is 15.6. The molecule has 0 unspecified atom stereocenters. The van der Waals surface area contributed by atoms with Gasteiger partial charge in [0.15, 0.2) is 5.69 Å². The maximum Gasteiger partial charge on any atom is 0.274 e. The van der Waals surface area contributed by atoms with Gasteiger partial charge >= 0.3 is 0 Å². The van der Waals surface area contributed by atoms with E-state index in [1.807, 2.05) is 11.8 Å². The molecule has 1 aliphatic carbocycles. The smallest absolute Gasteiger partial charge is 0.274 e. The molecule has 7 nitrogen and oxygen atoms in total. The van der Waals surface area contributed by atoms with Gasteiger partial charge in [0.25, 0.3) is 5.91 Å². The summed E-state index contributed by atoms with van der Waals surface area (Å²) in [4.78, 5) is 24.2. The number of anilines is 1. The second-order valence-electron chi connectivity index (χ2n) is 7.15. The number of H-pyrrole nitrogens is 1. The first-order valence-corrected chi connectivity index (χ1v) is 9.63. The van der Waals surface area contributed by atoms with Crippen molar-refractivity contribution in [1.82, 2.24) is 25.1 Å². The number of aromatic nitrogens is 4. The molecule has 0 radical (unpaired) electrons. The van der Waals surface area contributed by atoms with E-state index in [2.05, 4.69) is 32.4 Å². The van der Waals surface area contributed by atoms with E-state index in [0.717, 1.165) is 79.2 Å². The maximum atomic E-state index is 13.0. The molecule has 0 aromatic carbocycles. The van der Waals surface area contributed by atoms with Gasteiger partial charge in [0.2, 0.25) is 0 Å². The molecule has 0 fully saturated rings. The Balaban J connectivity index is 1.55. The summed E-state index contributed by atoms with van der Waals surface area (Å²) in [6, 6.07) is 0. The average molecular weight is 354 g/mol. The Labute approximate surface area is 153 Å². The number of aryl methyl sites for hydroxylation is 2. The van der Waals surface area contributed by atoms with Gasteiger partial charge in [0.05, 0.1) is 5.69 Å². The van der Waals surface area contributed by atoms with E-state index < -0.39 is 0 Å². The van der Waals surface area contributed by atoms with Gasteiger partial charge < -0.3 is 10.2 Å². The molecule has 2 aliphatic rings. The highest BCUT2D eigenvalue weighted by Gasteiger charge is 2.28. The third-order valence-electron chi connectivity index (χ3n) is 5.29. The fraction of sp³-hybridized carbons (Fsp3) is 0.579. The van der Waals surface area contributed by atoms with Crippen LogP contribution in [0.2, 0.25) is 0 Å². The molecule has 7 heteroatoms. The van der Waals surface area contributed by atoms with Crippen molar-refractivity contribution in [2.45, 2.75) is 52.4 Å². The van der Waals surface area contributed by atoms with Crippen LogP contribution in [0.25, 0.3) is 0 Å². The fourth-order valence-electron chi connectivity index (χ4n) is 3.96. The quantitative estimate of drug-likeness (QED) is 0.878. The molecule has 2 aromatic heterocycles. The van der Waals surface area contributed by atoms with Crippen LogP contribution in [0.5, 0.6) is 0 Å². The van der Waals surface area contributed by atoms with Gasteiger partial charge in [-0.3, -0.25) is 9.89 Å². The Hall–Kier alpha value is -2.44. The van der Waals surface area contributed by atoms with E-state index in [9.17, 15) is 4.79 Å². The Bertz CT molecular complexity index is 828. The zero-order valence-corrected chi connectivity index (χ0v) is 15.6. The van der Waals surface area contributed by atoms with Crippen molar-refractivity contribution in [3.63, 3.8) is 0 Å². The minimum atomic E-state index is 0.0463. The standard InChI is InChI=1S/C19H26N6O/c1-3-9-20-18-14-7-10-25(11-8-15(14)21-12(2)22-18)19(26)17-13-5-4-6-16(13)23-24-17/h3-11H2,1-2H3,(H,23,24)(H,20,21,22). The van der Waals surface area contributed by atoms with E-state index in [1.165, 1.54) is 0 Å². The summed E-state index contributed by atoms with van der Waals surface area (Å²) in [5, 5.41) is 10.8. The highest BCUT2D eigenvalue weighted by atomic mass is 16.2. The summed E-state index contributed by atoms with van der Waals surface area (Å²) in [5.41, 5.74) is 5.11. The summed E-state index contributed by atoms with van der Waals surface area (Å²) in [6.07, 6.45) is 5.65. The van der Waals surface area contributed by atoms with E-state index in [1.54, 1.807) is 0 Å². The van der Waals surface area contributed by atoms with Crippen molar-refractivity contribution in [2.24, 2.45) is 0 Å². The Morgan fingerprint density at radius 2 is 2.00 bits per heavy atom. The minimum absolute atomic E-state index is 0.0463. The van der Waals surface area contributed by atoms with E-state index in [0.29, 0.717) is 18.8 Å². The average Bonchev–Trinajstić information content (AvgIpc) is 3.18. The molecule has 1 amide bonds. The summed E-state index contributed by atoms with van der Waals surface area (Å²) in [7, 11) is 0. The minimum Gasteiger partial charge on any atom is -0.370 e. The second kappa shape index (κ2) is 7.05. The van der Waals surface area contributed by atoms with Gasteiger partial charge in [0.1, 0.15) is 11.6 Å². The largest absolute Gasteiger partial charge is 0.370 e. The van der Waals surface area contributed by atoms with Crippen LogP contribution >= 0.6 is 0 Å². The number of hydrogen-bond acceptors (Lipinski definition) is 5. The van der Waals surface area contributed by atoms with Gasteiger partial charge in [-0.25, -0.2) is 9.97 Å². The van der Waals surface area contributed by atoms with E-state index >= 15 is 0 Å². The van der Waals surface area contributed by atoms with Gasteiger partial charge in [-0.1, -0.05) is 6.92 Å². The summed E-state index contributed by atoms with van der Waals surface area (Å²) >= 11 is 0. The van der Waals surface area contributed by atoms with Gasteiger partial charge in [-0.15, -0.1) is 0 Å². The van der Waals surface area contributed by atoms with Crippen molar-refractivity contribution >= 4 is 11.7 Å². The molecule has 0 spiro atoms. The first-order chi connectivity index (χ1) is 12.7. The monoisotopic (exact) mass is 354 g/mol. The molecule has 26 heavy (non-hydrogen) atoms. The molecule has 0 saturated carbocycles. The highest BCUT2D eigenvalue weighted by molar-refractivity contribution is 5.94. The normalized spacial score (nSPS) is 16.2. The van der Waals surface area contributed by atoms with Crippen molar-refractivity contribution in [1.29, 1.82) is 0 Å². The molecule has 3 heterocycles. The number of rotatable bonds is 4. The molecular weight excluding hydrogens is 328 g/mol. The van der Waals surface area contributed by atoms with Gasteiger partial charge in [0, 0.05) is 42.9 Å². The molecule has 2 aromatic rings. The first kappa shape index (κ1) is 17.0. The molecule has 0 atom stereocenters. The fourth-order valence-corrected chi connectivity index (χ4v) is 3.96. The third-order valence-corrected chi connectivity index (χ3v) is 5.29. The third kappa shape index (κ3) is 3.06. The van der Waals surface area contributed by atoms with Crippen molar-refractivity contribution in [2.75, 3.05) is 25.0 Å². The number of carbonyl (C=O) groups is 1. The Kier molecular flexibility index (Phi) is 4.61. The second-order valence-corrected chi connectivity index (χ2v) is 7.15. The van der Waals surface area contributed by atoms with Crippen LogP contribution in [-0.2, 0) is 25.7 Å². The van der Waals surface area contributed by atoms with Crippen molar-refractivity contribution in [3.8, 4) is 0 Å². The zero-order chi connectivity index (χ0) is 18.1. The molecule has 4 rings (SSSR count). The Morgan fingerprint density at radius 1 is 1.15 bits per heavy atom. The summed E-state index contributed by atoms with van der Waals surface area (Å²) < 4.78 is 0. The Morgan fingerprint density at radius 3 is 2.85 bits per heavy atom. The summed E-state index contributed by atoms with van der Waals surface area (Å²) in [5.74, 6) is 1.77. The maximum absolute atomic E-state index is 13.0. The molecule has 2 N–H and O–H groups in total. The van der Waals surface area contributed by atoms with Crippen LogP contribution in [0.15, 0.2) is 0 Å². The molecule has 1 aliphatic heterocycles. The van der Waals surface area contributed by atoms with Gasteiger partial charge in [-0.2, -0.15) is 5.10 Å². The number of aromatic amines is 1. The number of amides is 1. The first-order valence-electron chi connectivity index (χ1n) is 9.63. The summed E-state index contributed by atoms with van der Waals surface area (Å²) in [6.45, 7) is 6.32.